The first-order valence-electron chi connectivity index (χ1n) is 7.44. The summed E-state index contributed by atoms with van der Waals surface area (Å²) in [5, 5.41) is 2.94. The number of hydrogen-bond donors (Lipinski definition) is 1. The molecule has 0 unspecified atom stereocenters. The molecule has 4 nitrogen and oxygen atoms in total. The summed E-state index contributed by atoms with van der Waals surface area (Å²) in [7, 11) is 0. The van der Waals surface area contributed by atoms with Gasteiger partial charge in [-0.2, -0.15) is 0 Å². The molecule has 0 spiro atoms. The van der Waals surface area contributed by atoms with Crippen LogP contribution in [-0.4, -0.2) is 18.5 Å². The molecule has 0 aliphatic heterocycles. The van der Waals surface area contributed by atoms with Crippen LogP contribution in [0.15, 0.2) is 48.5 Å². The van der Waals surface area contributed by atoms with E-state index in [0.29, 0.717) is 5.56 Å². The van der Waals surface area contributed by atoms with E-state index in [1.165, 1.54) is 5.56 Å². The van der Waals surface area contributed by atoms with Gasteiger partial charge in [0.15, 0.2) is 6.61 Å². The summed E-state index contributed by atoms with van der Waals surface area (Å²) in [5.41, 5.74) is 2.91. The third-order valence-electron chi connectivity index (χ3n) is 3.90. The quantitative estimate of drug-likeness (QED) is 0.609. The lowest BCUT2D eigenvalue weighted by molar-refractivity contribution is -0.125. The molecule has 0 aromatic heterocycles. The highest BCUT2D eigenvalue weighted by molar-refractivity contribution is 14.1. The number of nitrogens with one attached hydrogen (secondary N) is 1. The Labute approximate surface area is 148 Å². The zero-order valence-electron chi connectivity index (χ0n) is 12.4. The Balaban J connectivity index is 1.55. The zero-order valence-corrected chi connectivity index (χ0v) is 14.6. The Bertz CT molecular complexity index is 745. The first-order chi connectivity index (χ1) is 11.1. The van der Waals surface area contributed by atoms with E-state index >= 15 is 0 Å². The molecule has 118 valence electrons. The van der Waals surface area contributed by atoms with E-state index < -0.39 is 5.97 Å². The van der Waals surface area contributed by atoms with E-state index in [9.17, 15) is 9.59 Å². The van der Waals surface area contributed by atoms with Crippen molar-refractivity contribution in [1.82, 2.24) is 5.32 Å². The predicted octanol–water partition coefficient (Wildman–Crippen LogP) is 3.25. The molecule has 1 N–H and O–H groups in total. The maximum Gasteiger partial charge on any atom is 0.339 e. The van der Waals surface area contributed by atoms with E-state index in [2.05, 4.69) is 34.0 Å². The summed E-state index contributed by atoms with van der Waals surface area (Å²) in [5.74, 6) is -0.747. The number of hydrogen-bond acceptors (Lipinski definition) is 3. The van der Waals surface area contributed by atoms with E-state index in [-0.39, 0.29) is 18.6 Å². The van der Waals surface area contributed by atoms with E-state index in [4.69, 9.17) is 4.74 Å². The van der Waals surface area contributed by atoms with Crippen LogP contribution in [-0.2, 0) is 16.0 Å². The molecule has 0 fully saturated rings. The van der Waals surface area contributed by atoms with Crippen LogP contribution in [0.3, 0.4) is 0 Å². The van der Waals surface area contributed by atoms with Crippen molar-refractivity contribution in [2.45, 2.75) is 18.9 Å². The Kier molecular flexibility index (Phi) is 4.95. The van der Waals surface area contributed by atoms with Gasteiger partial charge in [-0.15, -0.1) is 0 Å². The van der Waals surface area contributed by atoms with Crippen molar-refractivity contribution < 1.29 is 14.3 Å². The Morgan fingerprint density at radius 1 is 1.13 bits per heavy atom. The number of benzene rings is 2. The van der Waals surface area contributed by atoms with Crippen molar-refractivity contribution in [3.05, 3.63) is 68.8 Å². The average Bonchev–Trinajstić information content (AvgIpc) is 2.96. The van der Waals surface area contributed by atoms with Crippen LogP contribution >= 0.6 is 22.6 Å². The average molecular weight is 421 g/mol. The Hall–Kier alpha value is -1.89. The lowest BCUT2D eigenvalue weighted by Crippen LogP contribution is -2.31. The van der Waals surface area contributed by atoms with Crippen LogP contribution in [0.5, 0.6) is 0 Å². The molecule has 0 heterocycles. The third kappa shape index (κ3) is 3.72. The fourth-order valence-corrected chi connectivity index (χ4v) is 3.39. The van der Waals surface area contributed by atoms with Gasteiger partial charge in [-0.05, 0) is 58.7 Å². The fraction of sp³-hybridized carbons (Fsp3) is 0.222. The lowest BCUT2D eigenvalue weighted by Gasteiger charge is -2.14. The number of rotatable bonds is 4. The lowest BCUT2D eigenvalue weighted by atomic mass is 10.1. The smallest absolute Gasteiger partial charge is 0.339 e. The molecule has 0 bridgehead atoms. The van der Waals surface area contributed by atoms with Crippen LogP contribution in [0.1, 0.15) is 33.9 Å². The van der Waals surface area contributed by atoms with Gasteiger partial charge in [-0.1, -0.05) is 36.4 Å². The van der Waals surface area contributed by atoms with Crippen molar-refractivity contribution in [1.29, 1.82) is 0 Å². The molecule has 0 saturated heterocycles. The molecule has 1 aliphatic carbocycles. The molecule has 1 atom stereocenters. The maximum atomic E-state index is 12.0. The minimum Gasteiger partial charge on any atom is -0.452 e. The maximum absolute atomic E-state index is 12.0. The highest BCUT2D eigenvalue weighted by Crippen LogP contribution is 2.30. The normalized spacial score (nSPS) is 15.8. The van der Waals surface area contributed by atoms with Gasteiger partial charge in [0.05, 0.1) is 11.6 Å². The molecule has 2 aromatic carbocycles. The summed E-state index contributed by atoms with van der Waals surface area (Å²) in [4.78, 5) is 24.0. The third-order valence-corrected chi connectivity index (χ3v) is 4.84. The van der Waals surface area contributed by atoms with Crippen LogP contribution in [0.2, 0.25) is 0 Å². The second-order valence-corrected chi connectivity index (χ2v) is 6.58. The van der Waals surface area contributed by atoms with Gasteiger partial charge in [-0.25, -0.2) is 4.79 Å². The summed E-state index contributed by atoms with van der Waals surface area (Å²) in [6.45, 7) is -0.261. The van der Waals surface area contributed by atoms with Gasteiger partial charge < -0.3 is 10.1 Å². The van der Waals surface area contributed by atoms with Gasteiger partial charge in [0.1, 0.15) is 0 Å². The van der Waals surface area contributed by atoms with Crippen molar-refractivity contribution >= 4 is 34.5 Å². The van der Waals surface area contributed by atoms with Crippen LogP contribution in [0, 0.1) is 3.57 Å². The zero-order chi connectivity index (χ0) is 16.2. The number of carbonyl (C=O) groups excluding carboxylic acids is 2. The van der Waals surface area contributed by atoms with E-state index in [1.54, 1.807) is 12.1 Å². The molecule has 0 radical (unpaired) electrons. The number of fused-ring (bicyclic) bond motifs is 1. The SMILES string of the molecule is O=C(COC(=O)c1ccccc1I)N[C@@H]1CCc2ccccc21. The molecule has 3 rings (SSSR count). The largest absolute Gasteiger partial charge is 0.452 e. The van der Waals surface area contributed by atoms with Crippen molar-refractivity contribution in [2.24, 2.45) is 0 Å². The minimum atomic E-state index is -0.475. The summed E-state index contributed by atoms with van der Waals surface area (Å²) < 4.78 is 5.92. The highest BCUT2D eigenvalue weighted by atomic mass is 127. The molecule has 1 aliphatic rings. The first kappa shape index (κ1) is 16.0. The number of amides is 1. The number of carbonyl (C=O) groups is 2. The van der Waals surface area contributed by atoms with Crippen LogP contribution in [0.4, 0.5) is 0 Å². The number of halogens is 1. The number of aryl methyl sites for hydroxylation is 1. The Morgan fingerprint density at radius 2 is 1.87 bits per heavy atom. The van der Waals surface area contributed by atoms with Crippen molar-refractivity contribution in [2.75, 3.05) is 6.61 Å². The molecule has 2 aromatic rings. The summed E-state index contributed by atoms with van der Waals surface area (Å²) in [6, 6.07) is 15.2. The molecule has 5 heteroatoms. The molecule has 0 saturated carbocycles. The monoisotopic (exact) mass is 421 g/mol. The molecule has 1 amide bonds. The molecular weight excluding hydrogens is 405 g/mol. The summed E-state index contributed by atoms with van der Waals surface area (Å²) >= 11 is 2.07. The van der Waals surface area contributed by atoms with Gasteiger partial charge in [-0.3, -0.25) is 4.79 Å². The second-order valence-electron chi connectivity index (χ2n) is 5.41. The van der Waals surface area contributed by atoms with Crippen LogP contribution < -0.4 is 5.32 Å². The second kappa shape index (κ2) is 7.12. The van der Waals surface area contributed by atoms with Gasteiger partial charge in [0, 0.05) is 3.57 Å². The van der Waals surface area contributed by atoms with Gasteiger partial charge in [0.25, 0.3) is 5.91 Å². The number of ether oxygens (including phenoxy) is 1. The minimum absolute atomic E-state index is 0.00858. The fourth-order valence-electron chi connectivity index (χ4n) is 2.78. The first-order valence-corrected chi connectivity index (χ1v) is 8.52. The topological polar surface area (TPSA) is 55.4 Å². The van der Waals surface area contributed by atoms with E-state index in [0.717, 1.165) is 22.0 Å². The Morgan fingerprint density at radius 3 is 2.70 bits per heavy atom. The van der Waals surface area contributed by atoms with Gasteiger partial charge in [0.2, 0.25) is 0 Å². The van der Waals surface area contributed by atoms with Crippen molar-refractivity contribution in [3.8, 4) is 0 Å². The number of esters is 1. The van der Waals surface area contributed by atoms with Crippen molar-refractivity contribution in [3.63, 3.8) is 0 Å². The highest BCUT2D eigenvalue weighted by Gasteiger charge is 2.23. The van der Waals surface area contributed by atoms with E-state index in [1.807, 2.05) is 30.3 Å². The summed E-state index contributed by atoms with van der Waals surface area (Å²) in [6.07, 6.45) is 1.85. The molecular formula is C18H16INO3. The van der Waals surface area contributed by atoms with Gasteiger partial charge >= 0.3 is 5.97 Å². The van der Waals surface area contributed by atoms with Crippen LogP contribution in [0.25, 0.3) is 0 Å². The predicted molar refractivity (Wildman–Crippen MR) is 95.1 cm³/mol. The molecule has 23 heavy (non-hydrogen) atoms. The standard InChI is InChI=1S/C18H16INO3/c19-15-8-4-3-7-14(15)18(22)23-11-17(21)20-16-10-9-12-5-1-2-6-13(12)16/h1-8,16H,9-11H2,(H,20,21)/t16-/m1/s1.